The van der Waals surface area contributed by atoms with Gasteiger partial charge in [0, 0.05) is 0 Å². The first-order chi connectivity index (χ1) is 16.4. The van der Waals surface area contributed by atoms with Crippen molar-refractivity contribution in [3.05, 3.63) is 132 Å². The molecule has 0 heterocycles. The van der Waals surface area contributed by atoms with Crippen LogP contribution in [0.5, 0.6) is 11.5 Å². The molecule has 0 saturated heterocycles. The molecular weight excluding hydrogens is 424 g/mol. The minimum atomic E-state index is -0.565. The van der Waals surface area contributed by atoms with E-state index in [1.165, 1.54) is 6.07 Å². The first-order valence-electron chi connectivity index (χ1n) is 10.7. The number of carbonyl (C=O) groups excluding carboxylic acids is 2. The third-order valence-corrected chi connectivity index (χ3v) is 5.08. The van der Waals surface area contributed by atoms with Crippen molar-refractivity contribution in [3.8, 4) is 11.5 Å². The number of benzene rings is 3. The highest BCUT2D eigenvalue weighted by molar-refractivity contribution is 5.96. The zero-order valence-corrected chi connectivity index (χ0v) is 19.3. The predicted octanol–water partition coefficient (Wildman–Crippen LogP) is 7.14. The average Bonchev–Trinajstić information content (AvgIpc) is 2.84. The number of hydrogen-bond donors (Lipinski definition) is 0. The molecule has 0 unspecified atom stereocenters. The molecule has 4 nitrogen and oxygen atoms in total. The molecule has 0 radical (unpaired) electrons. The van der Waals surface area contributed by atoms with Gasteiger partial charge >= 0.3 is 11.9 Å². The fourth-order valence-corrected chi connectivity index (χ4v) is 3.17. The predicted molar refractivity (Wildman–Crippen MR) is 137 cm³/mol. The molecule has 0 bridgehead atoms. The summed E-state index contributed by atoms with van der Waals surface area (Å²) >= 11 is 0. The molecule has 0 fully saturated rings. The van der Waals surface area contributed by atoms with E-state index >= 15 is 0 Å². The van der Waals surface area contributed by atoms with Gasteiger partial charge < -0.3 is 9.47 Å². The number of rotatable bonds is 8. The quantitative estimate of drug-likeness (QED) is 0.208. The first kappa shape index (κ1) is 24.2. The van der Waals surface area contributed by atoms with Crippen molar-refractivity contribution in [1.82, 2.24) is 0 Å². The Morgan fingerprint density at radius 2 is 1.12 bits per heavy atom. The normalized spacial score (nSPS) is 10.9. The van der Waals surface area contributed by atoms with Crippen molar-refractivity contribution in [1.29, 1.82) is 0 Å². The second-order valence-corrected chi connectivity index (χ2v) is 7.59. The highest BCUT2D eigenvalue weighted by Gasteiger charge is 2.15. The molecule has 0 aromatic heterocycles. The van der Waals surface area contributed by atoms with Gasteiger partial charge in [0.1, 0.15) is 11.5 Å². The molecule has 34 heavy (non-hydrogen) atoms. The Labute approximate surface area is 200 Å². The maximum atomic E-state index is 12.7. The molecule has 3 rings (SSSR count). The van der Waals surface area contributed by atoms with Gasteiger partial charge in [0.05, 0.1) is 11.1 Å². The lowest BCUT2D eigenvalue weighted by atomic mass is 10.1. The monoisotopic (exact) mass is 450 g/mol. The van der Waals surface area contributed by atoms with Crippen molar-refractivity contribution >= 4 is 24.1 Å². The van der Waals surface area contributed by atoms with E-state index in [0.717, 1.165) is 22.3 Å². The molecule has 0 aliphatic carbocycles. The molecule has 4 heteroatoms. The summed E-state index contributed by atoms with van der Waals surface area (Å²) in [7, 11) is 0. The molecule has 0 aliphatic rings. The summed E-state index contributed by atoms with van der Waals surface area (Å²) in [6, 6.07) is 17.0. The van der Waals surface area contributed by atoms with Crippen LogP contribution in [0.15, 0.2) is 98.1 Å². The van der Waals surface area contributed by atoms with Crippen LogP contribution in [-0.4, -0.2) is 11.9 Å². The zero-order valence-electron chi connectivity index (χ0n) is 19.3. The number of aryl methyl sites for hydroxylation is 2. The maximum absolute atomic E-state index is 12.7. The molecule has 0 saturated carbocycles. The second-order valence-electron chi connectivity index (χ2n) is 7.59. The third-order valence-electron chi connectivity index (χ3n) is 5.08. The SMILES string of the molecule is C=C/C=C\c1cc(OC(=O)c2cccc(C(=O)Oc3ccc(C)c(/C=C\C=C)c3)c2)ccc1C. The smallest absolute Gasteiger partial charge is 0.343 e. The molecule has 0 atom stereocenters. The van der Waals surface area contributed by atoms with Crippen molar-refractivity contribution in [2.75, 3.05) is 0 Å². The van der Waals surface area contributed by atoms with Crippen LogP contribution in [0.2, 0.25) is 0 Å². The molecular formula is C30H26O4. The molecule has 0 N–H and O–H groups in total. The van der Waals surface area contributed by atoms with Crippen LogP contribution in [0.25, 0.3) is 12.2 Å². The largest absolute Gasteiger partial charge is 0.423 e. The lowest BCUT2D eigenvalue weighted by Gasteiger charge is -2.09. The minimum Gasteiger partial charge on any atom is -0.423 e. The van der Waals surface area contributed by atoms with Crippen molar-refractivity contribution in [2.24, 2.45) is 0 Å². The van der Waals surface area contributed by atoms with E-state index in [0.29, 0.717) is 11.5 Å². The lowest BCUT2D eigenvalue weighted by Crippen LogP contribution is -2.12. The van der Waals surface area contributed by atoms with Crippen LogP contribution >= 0.6 is 0 Å². The summed E-state index contributed by atoms with van der Waals surface area (Å²) in [5, 5.41) is 0. The number of esters is 2. The lowest BCUT2D eigenvalue weighted by molar-refractivity contribution is 0.0734. The number of ether oxygens (including phenoxy) is 2. The van der Waals surface area contributed by atoms with Crippen molar-refractivity contribution in [3.63, 3.8) is 0 Å². The Bertz CT molecular complexity index is 1200. The minimum absolute atomic E-state index is 0.247. The number of allylic oxidation sites excluding steroid dienone is 4. The molecule has 3 aromatic rings. The fourth-order valence-electron chi connectivity index (χ4n) is 3.17. The first-order valence-corrected chi connectivity index (χ1v) is 10.7. The van der Waals surface area contributed by atoms with Gasteiger partial charge in [-0.25, -0.2) is 9.59 Å². The van der Waals surface area contributed by atoms with Gasteiger partial charge in [-0.1, -0.05) is 67.8 Å². The summed E-state index contributed by atoms with van der Waals surface area (Å²) in [4.78, 5) is 25.4. The van der Waals surface area contributed by atoms with Gasteiger partial charge in [-0.3, -0.25) is 0 Å². The summed E-state index contributed by atoms with van der Waals surface area (Å²) in [5.41, 5.74) is 4.42. The van der Waals surface area contributed by atoms with Gasteiger partial charge in [0.25, 0.3) is 0 Å². The number of carbonyl (C=O) groups is 2. The Balaban J connectivity index is 1.76. The summed E-state index contributed by atoms with van der Waals surface area (Å²) in [6.45, 7) is 11.3. The van der Waals surface area contributed by atoms with Crippen LogP contribution < -0.4 is 9.47 Å². The van der Waals surface area contributed by atoms with Crippen LogP contribution in [-0.2, 0) is 0 Å². The maximum Gasteiger partial charge on any atom is 0.343 e. The Morgan fingerprint density at radius 3 is 1.53 bits per heavy atom. The van der Waals surface area contributed by atoms with Gasteiger partial charge in [0.15, 0.2) is 0 Å². The zero-order chi connectivity index (χ0) is 24.5. The van der Waals surface area contributed by atoms with Crippen LogP contribution in [0.1, 0.15) is 43.0 Å². The third kappa shape index (κ3) is 6.30. The second kappa shape index (κ2) is 11.4. The highest BCUT2D eigenvalue weighted by atomic mass is 16.5. The molecule has 0 spiro atoms. The van der Waals surface area contributed by atoms with Crippen LogP contribution in [0.4, 0.5) is 0 Å². The van der Waals surface area contributed by atoms with E-state index in [4.69, 9.17) is 9.47 Å². The molecule has 0 amide bonds. The van der Waals surface area contributed by atoms with Gasteiger partial charge in [-0.05, 0) is 78.6 Å². The van der Waals surface area contributed by atoms with E-state index < -0.39 is 11.9 Å². The highest BCUT2D eigenvalue weighted by Crippen LogP contribution is 2.22. The Kier molecular flexibility index (Phi) is 8.14. The number of hydrogen-bond acceptors (Lipinski definition) is 4. The van der Waals surface area contributed by atoms with Crippen molar-refractivity contribution < 1.29 is 19.1 Å². The van der Waals surface area contributed by atoms with E-state index in [1.807, 2.05) is 50.3 Å². The van der Waals surface area contributed by atoms with Gasteiger partial charge in [-0.2, -0.15) is 0 Å². The van der Waals surface area contributed by atoms with Gasteiger partial charge in [-0.15, -0.1) is 0 Å². The molecule has 3 aromatic carbocycles. The van der Waals surface area contributed by atoms with Gasteiger partial charge in [0.2, 0.25) is 0 Å². The fraction of sp³-hybridized carbons (Fsp3) is 0.0667. The van der Waals surface area contributed by atoms with Crippen molar-refractivity contribution in [2.45, 2.75) is 13.8 Å². The van der Waals surface area contributed by atoms with E-state index in [2.05, 4.69) is 13.2 Å². The van der Waals surface area contributed by atoms with E-state index in [9.17, 15) is 9.59 Å². The Morgan fingerprint density at radius 1 is 0.676 bits per heavy atom. The topological polar surface area (TPSA) is 52.6 Å². The van der Waals surface area contributed by atoms with Crippen LogP contribution in [0.3, 0.4) is 0 Å². The molecule has 0 aliphatic heterocycles. The summed E-state index contributed by atoms with van der Waals surface area (Å²) in [5.74, 6) is -0.312. The average molecular weight is 451 g/mol. The van der Waals surface area contributed by atoms with E-state index in [1.54, 1.807) is 54.6 Å². The van der Waals surface area contributed by atoms with E-state index in [-0.39, 0.29) is 11.1 Å². The molecule has 170 valence electrons. The summed E-state index contributed by atoms with van der Waals surface area (Å²) in [6.07, 6.45) is 10.8. The van der Waals surface area contributed by atoms with Crippen LogP contribution in [0, 0.1) is 13.8 Å². The summed E-state index contributed by atoms with van der Waals surface area (Å²) < 4.78 is 11.1. The standard InChI is InChI=1S/C30H26O4/c1-5-7-10-23-19-27(16-14-21(23)3)33-29(31)25-12-9-13-26(18-25)30(32)34-28-17-15-22(4)24(20-28)11-8-6-2/h5-20H,1-2H2,3-4H3/b10-7-,11-8-. The Hall–Kier alpha value is -4.44.